The molecule has 0 unspecified atom stereocenters. The molecule has 0 nitrogen and oxygen atoms in total. The first-order valence-electron chi connectivity index (χ1n) is 37.1. The third-order valence-corrected chi connectivity index (χ3v) is 20.5. The van der Waals surface area contributed by atoms with Gasteiger partial charge in [-0.1, -0.05) is 382 Å². The third kappa shape index (κ3) is 15.4. The molecule has 108 heavy (non-hydrogen) atoms. The quantitative estimate of drug-likeness (QED) is 0.0904. The van der Waals surface area contributed by atoms with Crippen molar-refractivity contribution in [3.63, 3.8) is 0 Å². The van der Waals surface area contributed by atoms with Crippen LogP contribution in [0, 0.1) is 0 Å². The van der Waals surface area contributed by atoms with E-state index in [1.165, 1.54) is 178 Å². The lowest BCUT2D eigenvalue weighted by molar-refractivity contribution is 1.54. The van der Waals surface area contributed by atoms with Gasteiger partial charge >= 0.3 is 0 Å². The molecule has 0 aliphatic rings. The molecule has 0 saturated carbocycles. The highest BCUT2D eigenvalue weighted by Gasteiger charge is 2.15. The van der Waals surface area contributed by atoms with Gasteiger partial charge in [0.15, 0.2) is 0 Å². The Hall–Kier alpha value is -14.0. The molecular weight excluding hydrogens is 1300 g/mol. The van der Waals surface area contributed by atoms with Gasteiger partial charge in [0.05, 0.1) is 0 Å². The second-order valence-corrected chi connectivity index (χ2v) is 27.6. The lowest BCUT2D eigenvalue weighted by atomic mass is 9.90. The predicted octanol–water partition coefficient (Wildman–Crippen LogP) is 30.0. The third-order valence-electron chi connectivity index (χ3n) is 20.5. The highest BCUT2D eigenvalue weighted by Crippen LogP contribution is 2.41. The van der Waals surface area contributed by atoms with E-state index in [4.69, 9.17) is 0 Å². The van der Waals surface area contributed by atoms with Crippen molar-refractivity contribution in [3.8, 4) is 178 Å². The maximum atomic E-state index is 2.36. The molecule has 0 N–H and O–H groups in total. The van der Waals surface area contributed by atoms with Crippen LogP contribution in [0.1, 0.15) is 0 Å². The van der Waals surface area contributed by atoms with E-state index >= 15 is 0 Å². The zero-order chi connectivity index (χ0) is 72.2. The summed E-state index contributed by atoms with van der Waals surface area (Å²) in [6.07, 6.45) is 0. The summed E-state index contributed by atoms with van der Waals surface area (Å²) in [5.74, 6) is 0. The Morgan fingerprint density at radius 2 is 0.139 bits per heavy atom. The lowest BCUT2D eigenvalue weighted by Crippen LogP contribution is -1.89. The lowest BCUT2D eigenvalue weighted by Gasteiger charge is -2.14. The average molecular weight is 1370 g/mol. The van der Waals surface area contributed by atoms with Crippen LogP contribution in [-0.4, -0.2) is 0 Å². The van der Waals surface area contributed by atoms with Gasteiger partial charge in [0, 0.05) is 0 Å². The Morgan fingerprint density at radius 3 is 0.287 bits per heavy atom. The van der Waals surface area contributed by atoms with E-state index in [1.807, 2.05) is 0 Å². The Labute approximate surface area is 634 Å². The molecule has 0 heteroatoms. The predicted molar refractivity (Wildman–Crippen MR) is 460 cm³/mol. The molecule has 0 aliphatic carbocycles. The van der Waals surface area contributed by atoms with Gasteiger partial charge in [-0.25, -0.2) is 0 Å². The Bertz CT molecular complexity index is 5600. The molecule has 0 saturated heterocycles. The molecule has 18 aromatic rings. The van der Waals surface area contributed by atoms with Gasteiger partial charge < -0.3 is 0 Å². The van der Waals surface area contributed by atoms with E-state index in [0.717, 1.165) is 0 Å². The number of hydrogen-bond donors (Lipinski definition) is 0. The smallest absolute Gasteiger partial charge is 0.0171 e. The second-order valence-electron chi connectivity index (χ2n) is 27.6. The van der Waals surface area contributed by atoms with Gasteiger partial charge in [-0.15, -0.1) is 0 Å². The Morgan fingerprint density at radius 1 is 0.0556 bits per heavy atom. The van der Waals surface area contributed by atoms with Gasteiger partial charge in [0.25, 0.3) is 0 Å². The molecule has 0 bridgehead atoms. The maximum Gasteiger partial charge on any atom is -0.0171 e. The zero-order valence-corrected chi connectivity index (χ0v) is 59.9. The summed E-state index contributed by atoms with van der Waals surface area (Å²) in [7, 11) is 0. The van der Waals surface area contributed by atoms with E-state index < -0.39 is 0 Å². The Kier molecular flexibility index (Phi) is 19.6. The van der Waals surface area contributed by atoms with Crippen molar-refractivity contribution in [2.45, 2.75) is 0 Å². The minimum Gasteiger partial charge on any atom is -0.0622 e. The van der Waals surface area contributed by atoms with E-state index in [0.29, 0.717) is 0 Å². The van der Waals surface area contributed by atoms with E-state index in [-0.39, 0.29) is 0 Å². The highest BCUT2D eigenvalue weighted by atomic mass is 14.2. The van der Waals surface area contributed by atoms with Crippen molar-refractivity contribution in [1.82, 2.24) is 0 Å². The van der Waals surface area contributed by atoms with E-state index in [9.17, 15) is 0 Å². The van der Waals surface area contributed by atoms with E-state index in [1.54, 1.807) is 0 Å². The van der Waals surface area contributed by atoms with Crippen LogP contribution < -0.4 is 0 Å². The SMILES string of the molecule is c1ccc(-c2ccc(-c3cccc(-c4cccc(-c5cccc(-c6cccc(-c7ccc(-c8ccccc8)cc7)c6)c5)c4)c3)cc2)cc1.c1ccc(-c2cccc(-c3cccc(-c4cc(-c5cccc(-c6cccc(-c7ccccc7)c6)c5)cc(-c5cccc(-c6cccc(-c7ccccc7)c6)c5)c4)c3)c2)cc1. The monoisotopic (exact) mass is 1370 g/mol. The van der Waals surface area contributed by atoms with Gasteiger partial charge in [0.1, 0.15) is 0 Å². The molecule has 0 aromatic heterocycles. The molecule has 0 atom stereocenters. The van der Waals surface area contributed by atoms with Gasteiger partial charge in [-0.2, -0.15) is 0 Å². The number of hydrogen-bond acceptors (Lipinski definition) is 0. The van der Waals surface area contributed by atoms with Crippen molar-refractivity contribution in [3.05, 3.63) is 461 Å². The fourth-order valence-corrected chi connectivity index (χ4v) is 14.8. The highest BCUT2D eigenvalue weighted by molar-refractivity contribution is 5.88. The Balaban J connectivity index is 0.000000162. The summed E-state index contributed by atoms with van der Waals surface area (Å²) in [5.41, 5.74) is 38.6. The molecule has 18 rings (SSSR count). The molecule has 0 heterocycles. The molecular formula is C108H76. The van der Waals surface area contributed by atoms with Crippen molar-refractivity contribution in [2.75, 3.05) is 0 Å². The van der Waals surface area contributed by atoms with Crippen LogP contribution in [0.4, 0.5) is 0 Å². The van der Waals surface area contributed by atoms with Crippen LogP contribution in [0.5, 0.6) is 0 Å². The van der Waals surface area contributed by atoms with E-state index in [2.05, 4.69) is 461 Å². The normalized spacial score (nSPS) is 11.0. The largest absolute Gasteiger partial charge is 0.0622 e. The molecule has 0 fully saturated rings. The van der Waals surface area contributed by atoms with Crippen LogP contribution in [0.2, 0.25) is 0 Å². The molecule has 18 aromatic carbocycles. The van der Waals surface area contributed by atoms with Gasteiger partial charge in [0.2, 0.25) is 0 Å². The first-order valence-corrected chi connectivity index (χ1v) is 37.1. The first kappa shape index (κ1) is 67.2. The average Bonchev–Trinajstić information content (AvgIpc) is 0.790. The van der Waals surface area contributed by atoms with Crippen molar-refractivity contribution in [2.24, 2.45) is 0 Å². The van der Waals surface area contributed by atoms with Crippen LogP contribution in [0.25, 0.3) is 178 Å². The second kappa shape index (κ2) is 31.5. The number of benzene rings is 18. The van der Waals surface area contributed by atoms with Crippen molar-refractivity contribution >= 4 is 0 Å². The van der Waals surface area contributed by atoms with Crippen molar-refractivity contribution in [1.29, 1.82) is 0 Å². The summed E-state index contributed by atoms with van der Waals surface area (Å²) in [6, 6.07) is 167. The van der Waals surface area contributed by atoms with Crippen LogP contribution in [0.15, 0.2) is 461 Å². The van der Waals surface area contributed by atoms with Crippen LogP contribution in [0.3, 0.4) is 0 Å². The summed E-state index contributed by atoms with van der Waals surface area (Å²) in [4.78, 5) is 0. The first-order chi connectivity index (χ1) is 53.5. The zero-order valence-electron chi connectivity index (χ0n) is 59.9. The topological polar surface area (TPSA) is 0 Å². The summed E-state index contributed by atoms with van der Waals surface area (Å²) >= 11 is 0. The minimum atomic E-state index is 1.18. The standard InChI is InChI=1S/C60H42.C48H34/c1-4-16-43(17-5-1)46-22-10-25-49(34-46)52-28-13-31-55(37-52)58-40-59(56-32-14-29-53(38-56)50-26-11-23-47(35-50)44-18-6-2-7-19-44)42-60(41-58)57-33-15-30-54(39-57)51-27-12-24-48(36-51)45-20-8-3-9-21-45;1-3-11-35(12-4-1)37-23-27-39(28-24-37)41-15-7-17-43(31-41)45-19-9-21-47(33-45)48-22-10-20-46(34-48)44-18-8-16-42(32-44)40-29-25-38(26-30-40)36-13-5-2-6-14-36/h1-42H;1-34H. The molecule has 0 spiro atoms. The molecule has 508 valence electrons. The van der Waals surface area contributed by atoms with Crippen molar-refractivity contribution < 1.29 is 0 Å². The minimum absolute atomic E-state index is 1.18. The molecule has 0 aliphatic heterocycles. The number of rotatable bonds is 16. The summed E-state index contributed by atoms with van der Waals surface area (Å²) in [5, 5.41) is 0. The molecule has 0 radical (unpaired) electrons. The molecule has 0 amide bonds. The van der Waals surface area contributed by atoms with Crippen LogP contribution in [-0.2, 0) is 0 Å². The van der Waals surface area contributed by atoms with Gasteiger partial charge in [-0.05, 0) is 257 Å². The van der Waals surface area contributed by atoms with Gasteiger partial charge in [-0.3, -0.25) is 0 Å². The summed E-state index contributed by atoms with van der Waals surface area (Å²) in [6.45, 7) is 0. The fraction of sp³-hybridized carbons (Fsp3) is 0. The maximum absolute atomic E-state index is 2.36. The summed E-state index contributed by atoms with van der Waals surface area (Å²) < 4.78 is 0. The van der Waals surface area contributed by atoms with Crippen LogP contribution >= 0.6 is 0 Å². The fourth-order valence-electron chi connectivity index (χ4n) is 14.8.